The summed E-state index contributed by atoms with van der Waals surface area (Å²) < 4.78 is 0. The minimum atomic E-state index is -0.271. The van der Waals surface area contributed by atoms with Crippen molar-refractivity contribution in [2.24, 2.45) is 5.92 Å². The number of imide groups is 1. The van der Waals surface area contributed by atoms with Crippen LogP contribution in [0, 0.1) is 5.92 Å². The Morgan fingerprint density at radius 3 is 2.50 bits per heavy atom. The summed E-state index contributed by atoms with van der Waals surface area (Å²) in [4.78, 5) is 27.6. The summed E-state index contributed by atoms with van der Waals surface area (Å²) in [5, 5.41) is 2.43. The van der Waals surface area contributed by atoms with Crippen molar-refractivity contribution in [2.45, 2.75) is 37.6 Å². The highest BCUT2D eigenvalue weighted by molar-refractivity contribution is 6.04. The Balaban J connectivity index is 1.29. The van der Waals surface area contributed by atoms with Gasteiger partial charge in [0.1, 0.15) is 6.04 Å². The van der Waals surface area contributed by atoms with E-state index in [1.54, 1.807) is 4.90 Å². The van der Waals surface area contributed by atoms with Gasteiger partial charge in [0.2, 0.25) is 0 Å². The molecule has 5 heteroatoms. The van der Waals surface area contributed by atoms with E-state index in [4.69, 9.17) is 0 Å². The van der Waals surface area contributed by atoms with Gasteiger partial charge in [-0.25, -0.2) is 4.79 Å². The van der Waals surface area contributed by atoms with Gasteiger partial charge in [-0.05, 0) is 43.1 Å². The van der Waals surface area contributed by atoms with E-state index in [2.05, 4.69) is 40.5 Å². The number of nitrogens with one attached hydrogen (secondary N) is 1. The predicted molar refractivity (Wildman–Crippen MR) is 91.6 cm³/mol. The van der Waals surface area contributed by atoms with Gasteiger partial charge >= 0.3 is 6.03 Å². The smallest absolute Gasteiger partial charge is 0.310 e. The molecule has 0 aromatic heterocycles. The van der Waals surface area contributed by atoms with Gasteiger partial charge in [-0.1, -0.05) is 30.3 Å². The van der Waals surface area contributed by atoms with Gasteiger partial charge in [0.05, 0.1) is 0 Å². The minimum Gasteiger partial charge on any atom is -0.310 e. The maximum absolute atomic E-state index is 11.9. The molecule has 0 spiro atoms. The molecule has 3 amide bonds. The molecule has 0 unspecified atom stereocenters. The Kier molecular flexibility index (Phi) is 4.27. The van der Waals surface area contributed by atoms with Crippen molar-refractivity contribution in [1.82, 2.24) is 15.1 Å². The highest BCUT2D eigenvalue weighted by atomic mass is 16.2. The van der Waals surface area contributed by atoms with Gasteiger partial charge in [0.25, 0.3) is 5.91 Å². The molecule has 1 saturated carbocycles. The Labute approximate surface area is 143 Å². The largest absolute Gasteiger partial charge is 0.324 e. The van der Waals surface area contributed by atoms with Crippen LogP contribution in [0.3, 0.4) is 0 Å². The number of hydrogen-bond donors (Lipinski definition) is 1. The van der Waals surface area contributed by atoms with Crippen molar-refractivity contribution >= 4 is 11.9 Å². The molecule has 2 heterocycles. The van der Waals surface area contributed by atoms with Crippen molar-refractivity contribution in [3.8, 4) is 0 Å². The second-order valence-corrected chi connectivity index (χ2v) is 7.39. The van der Waals surface area contributed by atoms with Crippen LogP contribution < -0.4 is 5.32 Å². The van der Waals surface area contributed by atoms with Crippen LogP contribution >= 0.6 is 0 Å². The minimum absolute atomic E-state index is 0.127. The van der Waals surface area contributed by atoms with Gasteiger partial charge in [-0.15, -0.1) is 0 Å². The summed E-state index contributed by atoms with van der Waals surface area (Å²) >= 11 is 0. The van der Waals surface area contributed by atoms with E-state index >= 15 is 0 Å². The molecule has 3 fully saturated rings. The maximum atomic E-state index is 11.9. The second kappa shape index (κ2) is 6.55. The van der Waals surface area contributed by atoms with E-state index in [1.165, 1.54) is 31.2 Å². The Hall–Kier alpha value is -1.88. The zero-order valence-corrected chi connectivity index (χ0v) is 14.0. The van der Waals surface area contributed by atoms with Crippen LogP contribution in [-0.2, 0) is 4.79 Å². The average Bonchev–Trinajstić information content (AvgIpc) is 2.90. The van der Waals surface area contributed by atoms with Gasteiger partial charge in [-0.2, -0.15) is 0 Å². The lowest BCUT2D eigenvalue weighted by molar-refractivity contribution is -0.122. The molecule has 0 bridgehead atoms. The molecule has 2 saturated heterocycles. The number of piperazine rings is 1. The quantitative estimate of drug-likeness (QED) is 0.866. The molecule has 2 aliphatic heterocycles. The molecular formula is C19H25N3O2. The zero-order chi connectivity index (χ0) is 16.5. The normalized spacial score (nSPS) is 31.0. The first-order valence-electron chi connectivity index (χ1n) is 9.09. The molecule has 1 aromatic rings. The van der Waals surface area contributed by atoms with Gasteiger partial charge in [-0.3, -0.25) is 15.0 Å². The lowest BCUT2D eigenvalue weighted by Crippen LogP contribution is -2.54. The molecular weight excluding hydrogens is 302 g/mol. The van der Waals surface area contributed by atoms with Crippen molar-refractivity contribution in [3.05, 3.63) is 35.9 Å². The first-order valence-corrected chi connectivity index (χ1v) is 9.09. The third kappa shape index (κ3) is 3.05. The van der Waals surface area contributed by atoms with E-state index in [1.807, 2.05) is 0 Å². The zero-order valence-electron chi connectivity index (χ0n) is 14.0. The number of nitrogens with zero attached hydrogens (tertiary/aromatic N) is 2. The van der Waals surface area contributed by atoms with Crippen LogP contribution in [0.2, 0.25) is 0 Å². The summed E-state index contributed by atoms with van der Waals surface area (Å²) in [6.07, 6.45) is 5.04. The van der Waals surface area contributed by atoms with E-state index in [9.17, 15) is 9.59 Å². The maximum Gasteiger partial charge on any atom is 0.324 e. The van der Waals surface area contributed by atoms with Crippen LogP contribution in [0.25, 0.3) is 0 Å². The number of carbonyl (C=O) groups is 2. The first kappa shape index (κ1) is 15.6. The van der Waals surface area contributed by atoms with Crippen molar-refractivity contribution < 1.29 is 9.59 Å². The molecule has 0 radical (unpaired) electrons. The SMILES string of the molecule is O=C1NC(=O)N2CCN(CC3CCC(c4ccccc4)CC3)C[C@@H]12. The van der Waals surface area contributed by atoms with E-state index in [-0.39, 0.29) is 18.0 Å². The number of hydrogen-bond acceptors (Lipinski definition) is 3. The van der Waals surface area contributed by atoms with Crippen LogP contribution in [0.5, 0.6) is 0 Å². The molecule has 1 aliphatic carbocycles. The fraction of sp³-hybridized carbons (Fsp3) is 0.579. The van der Waals surface area contributed by atoms with Gasteiger partial charge in [0.15, 0.2) is 0 Å². The molecule has 1 atom stereocenters. The fourth-order valence-electron chi connectivity index (χ4n) is 4.50. The molecule has 5 nitrogen and oxygen atoms in total. The van der Waals surface area contributed by atoms with Crippen molar-refractivity contribution in [3.63, 3.8) is 0 Å². The molecule has 1 N–H and O–H groups in total. The number of rotatable bonds is 3. The molecule has 1 aromatic carbocycles. The third-order valence-corrected chi connectivity index (χ3v) is 5.89. The number of benzene rings is 1. The van der Waals surface area contributed by atoms with Gasteiger partial charge < -0.3 is 4.90 Å². The van der Waals surface area contributed by atoms with E-state index in [0.29, 0.717) is 19.0 Å². The fourth-order valence-corrected chi connectivity index (χ4v) is 4.50. The average molecular weight is 327 g/mol. The van der Waals surface area contributed by atoms with Crippen LogP contribution in [-0.4, -0.2) is 54.0 Å². The summed E-state index contributed by atoms with van der Waals surface area (Å²) in [7, 11) is 0. The molecule has 3 aliphatic rings. The summed E-state index contributed by atoms with van der Waals surface area (Å²) in [6, 6.07) is 10.4. The molecule has 128 valence electrons. The molecule has 24 heavy (non-hydrogen) atoms. The number of amides is 3. The van der Waals surface area contributed by atoms with Crippen LogP contribution in [0.15, 0.2) is 30.3 Å². The standard InChI is InChI=1S/C19H25N3O2/c23-18-17-13-21(10-11-22(17)19(24)20-18)12-14-6-8-16(9-7-14)15-4-2-1-3-5-15/h1-5,14,16-17H,6-13H2,(H,20,23,24)/t14?,16?,17-/m0/s1. The van der Waals surface area contributed by atoms with Crippen LogP contribution in [0.4, 0.5) is 4.79 Å². The first-order chi connectivity index (χ1) is 11.7. The van der Waals surface area contributed by atoms with Crippen molar-refractivity contribution in [1.29, 1.82) is 0 Å². The summed E-state index contributed by atoms with van der Waals surface area (Å²) in [6.45, 7) is 3.31. The Morgan fingerprint density at radius 1 is 1.00 bits per heavy atom. The lowest BCUT2D eigenvalue weighted by atomic mass is 9.78. The predicted octanol–water partition coefficient (Wildman–Crippen LogP) is 2.20. The van der Waals surface area contributed by atoms with E-state index in [0.717, 1.165) is 19.0 Å². The monoisotopic (exact) mass is 327 g/mol. The summed E-state index contributed by atoms with van der Waals surface area (Å²) in [5.41, 5.74) is 1.48. The second-order valence-electron chi connectivity index (χ2n) is 7.39. The topological polar surface area (TPSA) is 52.7 Å². The number of urea groups is 1. The Bertz CT molecular complexity index is 610. The van der Waals surface area contributed by atoms with Crippen molar-refractivity contribution in [2.75, 3.05) is 26.2 Å². The van der Waals surface area contributed by atoms with E-state index < -0.39 is 0 Å². The van der Waals surface area contributed by atoms with Gasteiger partial charge in [0, 0.05) is 26.2 Å². The lowest BCUT2D eigenvalue weighted by Gasteiger charge is -2.38. The number of carbonyl (C=O) groups excluding carboxylic acids is 2. The number of fused-ring (bicyclic) bond motifs is 1. The van der Waals surface area contributed by atoms with Crippen LogP contribution in [0.1, 0.15) is 37.2 Å². The highest BCUT2D eigenvalue weighted by Crippen LogP contribution is 2.36. The molecule has 4 rings (SSSR count). The third-order valence-electron chi connectivity index (χ3n) is 5.89. The highest BCUT2D eigenvalue weighted by Gasteiger charge is 2.42. The Morgan fingerprint density at radius 2 is 1.75 bits per heavy atom. The summed E-state index contributed by atoms with van der Waals surface area (Å²) in [5.74, 6) is 1.30.